The molecule has 1 aromatic carbocycles. The van der Waals surface area contributed by atoms with E-state index in [1.54, 1.807) is 18.6 Å². The Labute approximate surface area is 200 Å². The van der Waals surface area contributed by atoms with E-state index in [9.17, 15) is 4.79 Å². The van der Waals surface area contributed by atoms with Gasteiger partial charge in [-0.05, 0) is 64.3 Å². The average molecular weight is 458 g/mol. The summed E-state index contributed by atoms with van der Waals surface area (Å²) in [6, 6.07) is 8.13. The van der Waals surface area contributed by atoms with Gasteiger partial charge < -0.3 is 5.32 Å². The third kappa shape index (κ3) is 5.39. The first-order valence-corrected chi connectivity index (χ1v) is 11.5. The second kappa shape index (κ2) is 9.59. The molecule has 0 amide bonds. The molecule has 4 aromatic rings. The van der Waals surface area contributed by atoms with Crippen molar-refractivity contribution in [1.29, 1.82) is 0 Å². The average Bonchev–Trinajstić information content (AvgIpc) is 3.48. The van der Waals surface area contributed by atoms with Crippen molar-refractivity contribution in [3.63, 3.8) is 0 Å². The lowest BCUT2D eigenvalue weighted by molar-refractivity contribution is 0.0982. The molecule has 0 aliphatic heterocycles. The molecule has 0 unspecified atom stereocenters. The number of ketones is 1. The highest BCUT2D eigenvalue weighted by Crippen LogP contribution is 2.23. The zero-order valence-electron chi connectivity index (χ0n) is 20.4. The van der Waals surface area contributed by atoms with Crippen LogP contribution in [0.3, 0.4) is 0 Å². The fourth-order valence-electron chi connectivity index (χ4n) is 3.67. The van der Waals surface area contributed by atoms with E-state index < -0.39 is 0 Å². The number of rotatable bonds is 8. The fraction of sp³-hybridized carbons (Fsp3) is 0.346. The molecule has 1 N–H and O–H groups in total. The molecule has 0 saturated heterocycles. The number of hydrogen-bond acceptors (Lipinski definition) is 6. The Hall–Kier alpha value is -3.81. The van der Waals surface area contributed by atoms with Gasteiger partial charge in [0.2, 0.25) is 5.95 Å². The van der Waals surface area contributed by atoms with Crippen molar-refractivity contribution in [1.82, 2.24) is 29.5 Å². The van der Waals surface area contributed by atoms with E-state index in [1.165, 1.54) is 0 Å². The number of aryl methyl sites for hydroxylation is 3. The molecule has 3 heterocycles. The summed E-state index contributed by atoms with van der Waals surface area (Å²) in [7, 11) is 0. The molecule has 0 fully saturated rings. The lowest BCUT2D eigenvalue weighted by Gasteiger charge is -2.18. The van der Waals surface area contributed by atoms with Gasteiger partial charge in [0.1, 0.15) is 0 Å². The number of aromatic nitrogens is 6. The second-order valence-electron chi connectivity index (χ2n) is 9.38. The van der Waals surface area contributed by atoms with Crippen LogP contribution < -0.4 is 5.32 Å². The molecule has 8 heteroatoms. The standard InChI is InChI=1S/C26H31N7O/c1-6-32-17-22(15-28-32)30-25-27-12-11-23(31-25)20-8-7-19(18(2)13-20)9-10-24(34)21-14-29-33(16-21)26(3,4)5/h7-8,11-17H,6,9-10H2,1-5H3,(H,27,30,31). The minimum absolute atomic E-state index is 0.108. The van der Waals surface area contributed by atoms with Crippen molar-refractivity contribution >= 4 is 17.4 Å². The van der Waals surface area contributed by atoms with Crippen LogP contribution in [0.15, 0.2) is 55.2 Å². The second-order valence-corrected chi connectivity index (χ2v) is 9.38. The van der Waals surface area contributed by atoms with Gasteiger partial charge in [-0.15, -0.1) is 0 Å². The minimum atomic E-state index is -0.140. The van der Waals surface area contributed by atoms with E-state index in [1.807, 2.05) is 40.8 Å². The van der Waals surface area contributed by atoms with Crippen LogP contribution in [0.4, 0.5) is 11.6 Å². The quantitative estimate of drug-likeness (QED) is 0.367. The van der Waals surface area contributed by atoms with Crippen LogP contribution >= 0.6 is 0 Å². The van der Waals surface area contributed by atoms with Gasteiger partial charge in [0.15, 0.2) is 5.78 Å². The molecule has 0 spiro atoms. The van der Waals surface area contributed by atoms with E-state index in [2.05, 4.69) is 65.3 Å². The van der Waals surface area contributed by atoms with Crippen molar-refractivity contribution in [2.75, 3.05) is 5.32 Å². The molecule has 0 saturated carbocycles. The Morgan fingerprint density at radius 3 is 2.59 bits per heavy atom. The van der Waals surface area contributed by atoms with E-state index in [0.29, 0.717) is 24.4 Å². The summed E-state index contributed by atoms with van der Waals surface area (Å²) in [6.45, 7) is 11.1. The zero-order chi connectivity index (χ0) is 24.3. The molecule has 0 atom stereocenters. The number of nitrogens with one attached hydrogen (secondary N) is 1. The maximum absolute atomic E-state index is 12.7. The van der Waals surface area contributed by atoms with Crippen molar-refractivity contribution in [2.45, 2.75) is 59.5 Å². The van der Waals surface area contributed by atoms with Crippen LogP contribution in [-0.4, -0.2) is 35.3 Å². The number of nitrogens with zero attached hydrogens (tertiary/aromatic N) is 6. The molecule has 0 bridgehead atoms. The number of carbonyl (C=O) groups excluding carboxylic acids is 1. The lowest BCUT2D eigenvalue weighted by atomic mass is 9.98. The molecule has 0 aliphatic carbocycles. The van der Waals surface area contributed by atoms with Crippen molar-refractivity contribution in [2.24, 2.45) is 0 Å². The predicted molar refractivity (Wildman–Crippen MR) is 133 cm³/mol. The molecular formula is C26H31N7O. The number of anilines is 2. The number of hydrogen-bond donors (Lipinski definition) is 1. The highest BCUT2D eigenvalue weighted by atomic mass is 16.1. The smallest absolute Gasteiger partial charge is 0.227 e. The van der Waals surface area contributed by atoms with Gasteiger partial charge in [-0.25, -0.2) is 9.97 Å². The summed E-state index contributed by atoms with van der Waals surface area (Å²) in [5, 5.41) is 11.8. The van der Waals surface area contributed by atoms with Crippen molar-refractivity contribution < 1.29 is 4.79 Å². The first kappa shape index (κ1) is 23.4. The molecular weight excluding hydrogens is 426 g/mol. The first-order valence-electron chi connectivity index (χ1n) is 11.5. The van der Waals surface area contributed by atoms with Crippen LogP contribution in [0.5, 0.6) is 0 Å². The van der Waals surface area contributed by atoms with Gasteiger partial charge in [0.05, 0.1) is 34.9 Å². The van der Waals surface area contributed by atoms with Crippen LogP contribution in [0.2, 0.25) is 0 Å². The van der Waals surface area contributed by atoms with Crippen LogP contribution in [-0.2, 0) is 18.5 Å². The number of benzene rings is 1. The van der Waals surface area contributed by atoms with Crippen molar-refractivity contribution in [3.05, 3.63) is 71.9 Å². The molecule has 34 heavy (non-hydrogen) atoms. The Bertz CT molecular complexity index is 1300. The van der Waals surface area contributed by atoms with Crippen molar-refractivity contribution in [3.8, 4) is 11.3 Å². The lowest BCUT2D eigenvalue weighted by Crippen LogP contribution is -2.22. The van der Waals surface area contributed by atoms with Crippen LogP contribution in [0.1, 0.15) is 55.6 Å². The van der Waals surface area contributed by atoms with Gasteiger partial charge in [-0.3, -0.25) is 14.2 Å². The monoisotopic (exact) mass is 457 g/mol. The maximum atomic E-state index is 12.7. The predicted octanol–water partition coefficient (Wildman–Crippen LogP) is 5.18. The summed E-state index contributed by atoms with van der Waals surface area (Å²) in [5.74, 6) is 0.633. The maximum Gasteiger partial charge on any atom is 0.227 e. The van der Waals surface area contributed by atoms with Gasteiger partial charge >= 0.3 is 0 Å². The molecule has 0 aliphatic rings. The van der Waals surface area contributed by atoms with Gasteiger partial charge in [0, 0.05) is 37.1 Å². The fourth-order valence-corrected chi connectivity index (χ4v) is 3.67. The van der Waals surface area contributed by atoms with Crippen LogP contribution in [0, 0.1) is 6.92 Å². The zero-order valence-corrected chi connectivity index (χ0v) is 20.4. The third-order valence-electron chi connectivity index (χ3n) is 5.72. The molecule has 4 rings (SSSR count). The largest absolute Gasteiger partial charge is 0.321 e. The SMILES string of the molecule is CCn1cc(Nc2nccc(-c3ccc(CCC(=O)c4cnn(C(C)(C)C)c4)c(C)c3)n2)cn1. The minimum Gasteiger partial charge on any atom is -0.321 e. The van der Waals surface area contributed by atoms with Gasteiger partial charge in [-0.1, -0.05) is 12.1 Å². The Balaban J connectivity index is 1.43. The molecule has 0 radical (unpaired) electrons. The highest BCUT2D eigenvalue weighted by Gasteiger charge is 2.17. The number of Topliss-reactive ketones (excluding diaryl/α,β-unsaturated/α-hetero) is 1. The highest BCUT2D eigenvalue weighted by molar-refractivity contribution is 5.95. The van der Waals surface area contributed by atoms with Crippen LogP contribution in [0.25, 0.3) is 11.3 Å². The summed E-state index contributed by atoms with van der Waals surface area (Å²) in [5.41, 5.74) is 5.50. The first-order chi connectivity index (χ1) is 16.2. The Kier molecular flexibility index (Phi) is 6.58. The topological polar surface area (TPSA) is 90.5 Å². The van der Waals surface area contributed by atoms with Gasteiger partial charge in [-0.2, -0.15) is 10.2 Å². The normalized spacial score (nSPS) is 11.6. The van der Waals surface area contributed by atoms with E-state index in [-0.39, 0.29) is 11.3 Å². The van der Waals surface area contributed by atoms with E-state index in [0.717, 1.165) is 34.6 Å². The summed E-state index contributed by atoms with van der Waals surface area (Å²) in [4.78, 5) is 21.7. The Morgan fingerprint density at radius 1 is 1.09 bits per heavy atom. The summed E-state index contributed by atoms with van der Waals surface area (Å²) in [6.07, 6.45) is 10.1. The molecule has 3 aromatic heterocycles. The third-order valence-corrected chi connectivity index (χ3v) is 5.72. The summed E-state index contributed by atoms with van der Waals surface area (Å²) >= 11 is 0. The summed E-state index contributed by atoms with van der Waals surface area (Å²) < 4.78 is 3.68. The van der Waals surface area contributed by atoms with Gasteiger partial charge in [0.25, 0.3) is 0 Å². The molecule has 8 nitrogen and oxygen atoms in total. The van der Waals surface area contributed by atoms with E-state index >= 15 is 0 Å². The number of carbonyl (C=O) groups is 1. The Morgan fingerprint density at radius 2 is 1.91 bits per heavy atom. The molecule has 176 valence electrons. The van der Waals surface area contributed by atoms with E-state index in [4.69, 9.17) is 0 Å².